The Morgan fingerprint density at radius 3 is 2.27 bits per heavy atom. The molecule has 5 nitrogen and oxygen atoms in total. The van der Waals surface area contributed by atoms with E-state index in [0.717, 1.165) is 43.9 Å². The Labute approximate surface area is 194 Å². The minimum atomic E-state index is -0.0545. The van der Waals surface area contributed by atoms with Crippen LogP contribution in [0.2, 0.25) is 5.02 Å². The van der Waals surface area contributed by atoms with Crippen LogP contribution in [0, 0.1) is 0 Å². The lowest BCUT2D eigenvalue weighted by molar-refractivity contribution is -0.113. The number of hydrogen-bond donors (Lipinski definition) is 1. The molecule has 0 radical (unpaired) electrons. The van der Waals surface area contributed by atoms with Gasteiger partial charge in [0.25, 0.3) is 0 Å². The van der Waals surface area contributed by atoms with Gasteiger partial charge in [-0.05, 0) is 55.8 Å². The third-order valence-corrected chi connectivity index (χ3v) is 7.78. The molecule has 0 atom stereocenters. The second-order valence-corrected chi connectivity index (χ2v) is 10.2. The Morgan fingerprint density at radius 2 is 1.63 bits per heavy atom. The third kappa shape index (κ3) is 6.91. The lowest BCUT2D eigenvalue weighted by Crippen LogP contribution is -2.21. The van der Waals surface area contributed by atoms with E-state index in [1.54, 1.807) is 11.8 Å². The summed E-state index contributed by atoms with van der Waals surface area (Å²) in [7, 11) is 0. The SMILES string of the molecule is CCN(CC)c1ccc(NC(=O)CSc2nnc(SCc3ccc(Cl)cc3)s2)cc1. The fourth-order valence-electron chi connectivity index (χ4n) is 2.71. The van der Waals surface area contributed by atoms with Crippen LogP contribution in [0.5, 0.6) is 0 Å². The second-order valence-electron chi connectivity index (χ2n) is 6.31. The Balaban J connectivity index is 1.44. The van der Waals surface area contributed by atoms with Gasteiger partial charge in [-0.1, -0.05) is 58.6 Å². The number of hydrogen-bond acceptors (Lipinski definition) is 7. The molecule has 1 aromatic heterocycles. The van der Waals surface area contributed by atoms with Crippen LogP contribution in [-0.2, 0) is 10.5 Å². The molecule has 1 N–H and O–H groups in total. The predicted molar refractivity (Wildman–Crippen MR) is 130 cm³/mol. The molecule has 3 rings (SSSR count). The molecule has 30 heavy (non-hydrogen) atoms. The van der Waals surface area contributed by atoms with Crippen LogP contribution in [0.1, 0.15) is 19.4 Å². The van der Waals surface area contributed by atoms with E-state index in [-0.39, 0.29) is 5.91 Å². The fraction of sp³-hybridized carbons (Fsp3) is 0.286. The number of amides is 1. The van der Waals surface area contributed by atoms with Gasteiger partial charge < -0.3 is 10.2 Å². The smallest absolute Gasteiger partial charge is 0.234 e. The summed E-state index contributed by atoms with van der Waals surface area (Å²) in [5.74, 6) is 1.05. The molecule has 158 valence electrons. The zero-order valence-electron chi connectivity index (χ0n) is 16.8. The summed E-state index contributed by atoms with van der Waals surface area (Å²) in [5.41, 5.74) is 3.14. The maximum atomic E-state index is 12.3. The van der Waals surface area contributed by atoms with E-state index in [4.69, 9.17) is 11.6 Å². The standard InChI is InChI=1S/C21H23ClN4OS3/c1-3-26(4-2)18-11-9-17(10-12-18)23-19(27)14-29-21-25-24-20(30-21)28-13-15-5-7-16(22)8-6-15/h5-12H,3-4,13-14H2,1-2H3,(H,23,27). The molecule has 0 fully saturated rings. The summed E-state index contributed by atoms with van der Waals surface area (Å²) in [6.07, 6.45) is 0. The van der Waals surface area contributed by atoms with E-state index < -0.39 is 0 Å². The van der Waals surface area contributed by atoms with E-state index in [0.29, 0.717) is 5.75 Å². The van der Waals surface area contributed by atoms with E-state index in [9.17, 15) is 4.79 Å². The number of halogens is 1. The van der Waals surface area contributed by atoms with Gasteiger partial charge in [-0.2, -0.15) is 0 Å². The number of anilines is 2. The molecule has 3 aromatic rings. The predicted octanol–water partition coefficient (Wildman–Crippen LogP) is 6.06. The van der Waals surface area contributed by atoms with Crippen molar-refractivity contribution in [2.75, 3.05) is 29.1 Å². The molecular formula is C21H23ClN4OS3. The van der Waals surface area contributed by atoms with Gasteiger partial charge in [0.15, 0.2) is 8.68 Å². The summed E-state index contributed by atoms with van der Waals surface area (Å²) < 4.78 is 1.68. The van der Waals surface area contributed by atoms with Gasteiger partial charge in [-0.3, -0.25) is 4.79 Å². The third-order valence-electron chi connectivity index (χ3n) is 4.27. The number of nitrogens with zero attached hydrogens (tertiary/aromatic N) is 3. The number of rotatable bonds is 10. The molecule has 0 saturated carbocycles. The van der Waals surface area contributed by atoms with Crippen LogP contribution in [0.15, 0.2) is 57.2 Å². The van der Waals surface area contributed by atoms with Crippen molar-refractivity contribution in [3.63, 3.8) is 0 Å². The van der Waals surface area contributed by atoms with Gasteiger partial charge in [0, 0.05) is 35.2 Å². The first kappa shape index (κ1) is 22.9. The highest BCUT2D eigenvalue weighted by Crippen LogP contribution is 2.31. The van der Waals surface area contributed by atoms with Crippen molar-refractivity contribution < 1.29 is 4.79 Å². The minimum Gasteiger partial charge on any atom is -0.372 e. The lowest BCUT2D eigenvalue weighted by Gasteiger charge is -2.21. The highest BCUT2D eigenvalue weighted by Gasteiger charge is 2.10. The van der Waals surface area contributed by atoms with E-state index in [1.165, 1.54) is 28.7 Å². The van der Waals surface area contributed by atoms with Gasteiger partial charge in [-0.15, -0.1) is 10.2 Å². The number of benzene rings is 2. The minimum absolute atomic E-state index is 0.0545. The molecule has 9 heteroatoms. The molecule has 2 aromatic carbocycles. The molecule has 0 aliphatic carbocycles. The highest BCUT2D eigenvalue weighted by molar-refractivity contribution is 8.03. The number of thioether (sulfide) groups is 2. The summed E-state index contributed by atoms with van der Waals surface area (Å²) in [5, 5.41) is 12.0. The van der Waals surface area contributed by atoms with Gasteiger partial charge >= 0.3 is 0 Å². The van der Waals surface area contributed by atoms with Crippen LogP contribution in [0.3, 0.4) is 0 Å². The van der Waals surface area contributed by atoms with Gasteiger partial charge in [0.1, 0.15) is 0 Å². The largest absolute Gasteiger partial charge is 0.372 e. The molecule has 0 saturated heterocycles. The van der Waals surface area contributed by atoms with Gasteiger partial charge in [0.05, 0.1) is 5.75 Å². The summed E-state index contributed by atoms with van der Waals surface area (Å²) >= 11 is 10.4. The highest BCUT2D eigenvalue weighted by atomic mass is 35.5. The monoisotopic (exact) mass is 478 g/mol. The summed E-state index contributed by atoms with van der Waals surface area (Å²) in [6.45, 7) is 6.18. The number of carbonyl (C=O) groups excluding carboxylic acids is 1. The zero-order valence-corrected chi connectivity index (χ0v) is 20.0. The molecule has 1 amide bonds. The molecular weight excluding hydrogens is 456 g/mol. The van der Waals surface area contributed by atoms with E-state index >= 15 is 0 Å². The number of carbonyl (C=O) groups is 1. The van der Waals surface area contributed by atoms with Crippen molar-refractivity contribution in [1.82, 2.24) is 10.2 Å². The summed E-state index contributed by atoms with van der Waals surface area (Å²) in [4.78, 5) is 14.5. The molecule has 0 spiro atoms. The Hall–Kier alpha value is -1.74. The van der Waals surface area contributed by atoms with Crippen molar-refractivity contribution in [2.45, 2.75) is 28.3 Å². The van der Waals surface area contributed by atoms with Crippen molar-refractivity contribution in [3.05, 3.63) is 59.1 Å². The van der Waals surface area contributed by atoms with Gasteiger partial charge in [0.2, 0.25) is 5.91 Å². The first-order valence-corrected chi connectivity index (χ1v) is 12.7. The van der Waals surface area contributed by atoms with Crippen molar-refractivity contribution in [1.29, 1.82) is 0 Å². The fourth-order valence-corrected chi connectivity index (χ4v) is 5.61. The maximum Gasteiger partial charge on any atom is 0.234 e. The van der Waals surface area contributed by atoms with Crippen LogP contribution < -0.4 is 10.2 Å². The molecule has 0 aliphatic rings. The molecule has 0 aliphatic heterocycles. The Bertz CT molecular complexity index is 944. The zero-order chi connectivity index (χ0) is 21.3. The average Bonchev–Trinajstić information content (AvgIpc) is 3.22. The first-order chi connectivity index (χ1) is 14.6. The number of nitrogens with one attached hydrogen (secondary N) is 1. The molecule has 1 heterocycles. The Morgan fingerprint density at radius 1 is 1.00 bits per heavy atom. The average molecular weight is 479 g/mol. The van der Waals surface area contributed by atoms with Crippen molar-refractivity contribution in [3.8, 4) is 0 Å². The number of aromatic nitrogens is 2. The van der Waals surface area contributed by atoms with Crippen molar-refractivity contribution in [2.24, 2.45) is 0 Å². The lowest BCUT2D eigenvalue weighted by atomic mass is 10.2. The van der Waals surface area contributed by atoms with Crippen LogP contribution >= 0.6 is 46.5 Å². The molecule has 0 unspecified atom stereocenters. The van der Waals surface area contributed by atoms with Crippen LogP contribution in [-0.4, -0.2) is 34.9 Å². The van der Waals surface area contributed by atoms with E-state index in [1.807, 2.05) is 48.5 Å². The Kier molecular flexibility index (Phi) is 8.87. The maximum absolute atomic E-state index is 12.3. The normalized spacial score (nSPS) is 10.8. The molecule has 0 bridgehead atoms. The van der Waals surface area contributed by atoms with Gasteiger partial charge in [-0.25, -0.2) is 0 Å². The topological polar surface area (TPSA) is 58.1 Å². The quantitative estimate of drug-likeness (QED) is 0.357. The van der Waals surface area contributed by atoms with Crippen LogP contribution in [0.25, 0.3) is 0 Å². The second kappa shape index (κ2) is 11.6. The summed E-state index contributed by atoms with van der Waals surface area (Å²) in [6, 6.07) is 15.7. The first-order valence-electron chi connectivity index (χ1n) is 9.55. The van der Waals surface area contributed by atoms with Crippen LogP contribution in [0.4, 0.5) is 11.4 Å². The van der Waals surface area contributed by atoms with E-state index in [2.05, 4.69) is 34.3 Å². The van der Waals surface area contributed by atoms with Crippen molar-refractivity contribution >= 4 is 63.7 Å².